The second-order valence-electron chi connectivity index (χ2n) is 17.6. The van der Waals surface area contributed by atoms with E-state index in [9.17, 15) is 28.1 Å². The third-order valence-electron chi connectivity index (χ3n) is 12.5. The Hall–Kier alpha value is -5.97. The second-order valence-corrected chi connectivity index (χ2v) is 19.7. The molecule has 1 aliphatic heterocycles. The van der Waals surface area contributed by atoms with Gasteiger partial charge in [0.05, 0.1) is 27.5 Å². The van der Waals surface area contributed by atoms with Crippen LogP contribution >= 0.6 is 11.6 Å². The largest absolute Gasteiger partial charge is 0.455 e. The van der Waals surface area contributed by atoms with Crippen LogP contribution in [0, 0.1) is 21.4 Å². The first-order chi connectivity index (χ1) is 30.7. The average molecular weight is 910 g/mol. The quantitative estimate of drug-likeness (QED) is 0.0415. The molecule has 0 radical (unpaired) electrons. The summed E-state index contributed by atoms with van der Waals surface area (Å²) in [4.78, 5) is 49.4. The van der Waals surface area contributed by atoms with Crippen molar-refractivity contribution in [3.05, 3.63) is 117 Å². The van der Waals surface area contributed by atoms with E-state index in [0.29, 0.717) is 24.5 Å². The van der Waals surface area contributed by atoms with Gasteiger partial charge in [0.2, 0.25) is 0 Å². The van der Waals surface area contributed by atoms with Gasteiger partial charge >= 0.3 is 5.97 Å². The summed E-state index contributed by atoms with van der Waals surface area (Å²) in [7, 11) is -4.63. The molecule has 0 unspecified atom stereocenters. The molecule has 3 N–H and O–H groups in total. The molecule has 3 heterocycles. The summed E-state index contributed by atoms with van der Waals surface area (Å²) in [6.07, 6.45) is 10.8. The SMILES string of the molecule is CC1(C)CCC(CN2CCN(c3ccc(C(=O)NS(=O)(=O)c4ccc(NCOC(=O)C5CCCCC5)c([N+](=O)[O-])c4)c(Oc4cnc5[nH]ccc5c4)c3)CC2)=C(c2ccc(Cl)cc2)C1. The van der Waals surface area contributed by atoms with Crippen molar-refractivity contribution in [1.82, 2.24) is 19.6 Å². The van der Waals surface area contributed by atoms with Crippen molar-refractivity contribution in [3.63, 3.8) is 0 Å². The number of hydrogen-bond donors (Lipinski definition) is 3. The minimum Gasteiger partial charge on any atom is -0.455 e. The summed E-state index contributed by atoms with van der Waals surface area (Å²) in [5.41, 5.74) is 5.02. The molecule has 336 valence electrons. The lowest BCUT2D eigenvalue weighted by atomic mass is 9.72. The van der Waals surface area contributed by atoms with Crippen LogP contribution in [0.5, 0.6) is 11.5 Å². The number of pyridine rings is 1. The van der Waals surface area contributed by atoms with Crippen molar-refractivity contribution in [2.24, 2.45) is 11.3 Å². The third-order valence-corrected chi connectivity index (χ3v) is 14.0. The fourth-order valence-electron chi connectivity index (χ4n) is 8.84. The minimum atomic E-state index is -4.63. The number of allylic oxidation sites excluding steroid dienone is 1. The number of anilines is 2. The third kappa shape index (κ3) is 10.5. The van der Waals surface area contributed by atoms with Gasteiger partial charge in [-0.1, -0.05) is 62.4 Å². The van der Waals surface area contributed by atoms with Gasteiger partial charge in [-0.25, -0.2) is 18.1 Å². The number of amides is 1. The molecule has 2 fully saturated rings. The molecule has 1 saturated carbocycles. The highest BCUT2D eigenvalue weighted by Gasteiger charge is 2.31. The van der Waals surface area contributed by atoms with Crippen LogP contribution in [-0.4, -0.2) is 79.5 Å². The number of benzene rings is 3. The van der Waals surface area contributed by atoms with Crippen molar-refractivity contribution in [2.75, 3.05) is 49.7 Å². The Balaban J connectivity index is 0.983. The van der Waals surface area contributed by atoms with Gasteiger partial charge in [0, 0.05) is 67.1 Å². The number of carbonyl (C=O) groups is 2. The number of carbonyl (C=O) groups excluding carboxylic acids is 2. The normalized spacial score (nSPS) is 17.3. The van der Waals surface area contributed by atoms with Crippen molar-refractivity contribution < 1.29 is 32.4 Å². The van der Waals surface area contributed by atoms with Crippen LogP contribution in [0.1, 0.15) is 81.1 Å². The number of nitrogens with one attached hydrogen (secondary N) is 3. The molecule has 3 aromatic carbocycles. The molecule has 0 atom stereocenters. The Labute approximate surface area is 377 Å². The Morgan fingerprint density at radius 1 is 0.984 bits per heavy atom. The molecule has 2 aliphatic carbocycles. The zero-order valence-electron chi connectivity index (χ0n) is 35.9. The van der Waals surface area contributed by atoms with Crippen LogP contribution in [0.4, 0.5) is 17.1 Å². The van der Waals surface area contributed by atoms with Crippen molar-refractivity contribution in [1.29, 1.82) is 0 Å². The number of esters is 1. The predicted octanol–water partition coefficient (Wildman–Crippen LogP) is 9.31. The maximum atomic E-state index is 13.9. The van der Waals surface area contributed by atoms with Crippen LogP contribution < -0.4 is 19.7 Å². The van der Waals surface area contributed by atoms with Gasteiger partial charge in [-0.2, -0.15) is 0 Å². The number of nitro benzene ring substituents is 1. The maximum absolute atomic E-state index is 13.9. The van der Waals surface area contributed by atoms with Crippen molar-refractivity contribution in [2.45, 2.75) is 70.1 Å². The number of aromatic amines is 1. The average Bonchev–Trinajstić information content (AvgIpc) is 3.76. The van der Waals surface area contributed by atoms with E-state index in [1.165, 1.54) is 35.0 Å². The first-order valence-corrected chi connectivity index (χ1v) is 23.5. The monoisotopic (exact) mass is 909 g/mol. The summed E-state index contributed by atoms with van der Waals surface area (Å²) in [5.74, 6) is -1.16. The Morgan fingerprint density at radius 2 is 1.75 bits per heavy atom. The van der Waals surface area contributed by atoms with Gasteiger partial charge in [0.25, 0.3) is 21.6 Å². The number of ether oxygens (including phenoxy) is 2. The number of sulfonamides is 1. The molecule has 8 rings (SSSR count). The van der Waals surface area contributed by atoms with E-state index >= 15 is 0 Å². The lowest BCUT2D eigenvalue weighted by Gasteiger charge is -2.39. The van der Waals surface area contributed by atoms with Gasteiger partial charge in [-0.3, -0.25) is 24.6 Å². The standard InChI is InChI=1S/C47H52ClN7O8S/c1-47(2)18-16-34(40(27-47)31-8-10-35(48)11-9-31)29-53-20-22-54(23-21-53)36-12-14-39(43(25-36)63-37-24-33-17-19-49-44(33)50-28-37)45(56)52-64(60,61)38-13-15-41(42(26-38)55(58)59)51-30-62-46(57)32-6-4-3-5-7-32/h8-15,17,19,24-26,28,32,51H,3-7,16,18,20-23,27,29-30H2,1-2H3,(H,49,50)(H,52,56). The smallest absolute Gasteiger partial charge is 0.310 e. The summed E-state index contributed by atoms with van der Waals surface area (Å²) in [5, 5.41) is 16.3. The number of nitro groups is 1. The molecule has 15 nitrogen and oxygen atoms in total. The molecular weight excluding hydrogens is 858 g/mol. The van der Waals surface area contributed by atoms with Crippen molar-refractivity contribution >= 4 is 67.2 Å². The number of H-pyrrole nitrogens is 1. The molecule has 3 aliphatic rings. The highest BCUT2D eigenvalue weighted by atomic mass is 35.5. The Kier molecular flexibility index (Phi) is 13.3. The molecule has 1 amide bonds. The first kappa shape index (κ1) is 44.6. The van der Waals surface area contributed by atoms with Crippen LogP contribution in [0.15, 0.2) is 95.7 Å². The first-order valence-electron chi connectivity index (χ1n) is 21.7. The van der Waals surface area contributed by atoms with Gasteiger partial charge < -0.3 is 24.7 Å². The molecular formula is C47H52ClN7O8S. The summed E-state index contributed by atoms with van der Waals surface area (Å²) in [6.45, 7) is 8.21. The lowest BCUT2D eigenvalue weighted by Crippen LogP contribution is -2.47. The van der Waals surface area contributed by atoms with Gasteiger partial charge in [-0.15, -0.1) is 0 Å². The molecule has 0 spiro atoms. The number of hydrogen-bond acceptors (Lipinski definition) is 12. The predicted molar refractivity (Wildman–Crippen MR) is 246 cm³/mol. The summed E-state index contributed by atoms with van der Waals surface area (Å²) < 4.78 is 41.1. The number of piperazine rings is 1. The van der Waals surface area contributed by atoms with Crippen LogP contribution in [0.2, 0.25) is 5.02 Å². The molecule has 2 aromatic heterocycles. The minimum absolute atomic E-state index is 0.0513. The lowest BCUT2D eigenvalue weighted by molar-refractivity contribution is -0.384. The highest BCUT2D eigenvalue weighted by Crippen LogP contribution is 2.43. The molecule has 17 heteroatoms. The van der Waals surface area contributed by atoms with Crippen LogP contribution in [0.25, 0.3) is 16.6 Å². The number of aromatic nitrogens is 2. The topological polar surface area (TPSA) is 189 Å². The van der Waals surface area contributed by atoms with E-state index < -0.39 is 31.4 Å². The number of fused-ring (bicyclic) bond motifs is 1. The zero-order chi connectivity index (χ0) is 45.0. The van der Waals surface area contributed by atoms with Crippen LogP contribution in [0.3, 0.4) is 0 Å². The van der Waals surface area contributed by atoms with E-state index in [2.05, 4.69) is 55.8 Å². The Bertz CT molecular complexity index is 2690. The molecule has 1 saturated heterocycles. The molecule has 0 bridgehead atoms. The highest BCUT2D eigenvalue weighted by molar-refractivity contribution is 7.90. The summed E-state index contributed by atoms with van der Waals surface area (Å²) in [6, 6.07) is 19.9. The van der Waals surface area contributed by atoms with E-state index in [1.807, 2.05) is 18.2 Å². The van der Waals surface area contributed by atoms with E-state index in [0.717, 1.165) is 99.2 Å². The van der Waals surface area contributed by atoms with Gasteiger partial charge in [-0.05, 0) is 97.2 Å². The number of halogens is 1. The molecule has 5 aromatic rings. The maximum Gasteiger partial charge on any atom is 0.310 e. The summed E-state index contributed by atoms with van der Waals surface area (Å²) >= 11 is 6.24. The zero-order valence-corrected chi connectivity index (χ0v) is 37.5. The fourth-order valence-corrected chi connectivity index (χ4v) is 9.95. The van der Waals surface area contributed by atoms with Gasteiger partial charge in [0.1, 0.15) is 22.8 Å². The molecule has 64 heavy (non-hydrogen) atoms. The Morgan fingerprint density at radius 3 is 2.50 bits per heavy atom. The van der Waals surface area contributed by atoms with Gasteiger partial charge in [0.15, 0.2) is 6.73 Å². The second kappa shape index (κ2) is 19.0. The van der Waals surface area contributed by atoms with E-state index in [1.54, 1.807) is 24.4 Å². The van der Waals surface area contributed by atoms with E-state index in [-0.39, 0.29) is 41.0 Å². The van der Waals surface area contributed by atoms with Crippen LogP contribution in [-0.2, 0) is 19.6 Å². The van der Waals surface area contributed by atoms with E-state index in [4.69, 9.17) is 21.1 Å². The number of nitrogens with zero attached hydrogens (tertiary/aromatic N) is 4. The fraction of sp³-hybridized carbons (Fsp3) is 0.383. The number of rotatable bonds is 14. The van der Waals surface area contributed by atoms with Crippen molar-refractivity contribution in [3.8, 4) is 11.5 Å².